The summed E-state index contributed by atoms with van der Waals surface area (Å²) in [6, 6.07) is 15.0. The number of aromatic nitrogens is 2. The number of benzene rings is 2. The molecule has 1 aromatic heterocycles. The van der Waals surface area contributed by atoms with E-state index in [1.807, 2.05) is 36.4 Å². The lowest BCUT2D eigenvalue weighted by Crippen LogP contribution is -2.25. The minimum absolute atomic E-state index is 0.0465. The molecule has 1 N–H and O–H groups in total. The van der Waals surface area contributed by atoms with Crippen LogP contribution in [-0.4, -0.2) is 29.7 Å². The first-order chi connectivity index (χ1) is 13.1. The van der Waals surface area contributed by atoms with Crippen molar-refractivity contribution in [3.63, 3.8) is 0 Å². The van der Waals surface area contributed by atoms with Crippen molar-refractivity contribution in [1.29, 1.82) is 0 Å². The average molecular weight is 386 g/mol. The minimum Gasteiger partial charge on any atom is -0.497 e. The monoisotopic (exact) mass is 385 g/mol. The Labute approximate surface area is 162 Å². The molecule has 3 aromatic rings. The van der Waals surface area contributed by atoms with Crippen LogP contribution in [-0.2, 0) is 17.6 Å². The molecular formula is C20H20ClN3O3. The maximum atomic E-state index is 12.0. The van der Waals surface area contributed by atoms with E-state index in [2.05, 4.69) is 15.5 Å². The van der Waals surface area contributed by atoms with Crippen LogP contribution in [0, 0.1) is 0 Å². The van der Waals surface area contributed by atoms with E-state index in [9.17, 15) is 4.79 Å². The molecule has 27 heavy (non-hydrogen) atoms. The summed E-state index contributed by atoms with van der Waals surface area (Å²) in [7, 11) is 1.64. The molecule has 3 rings (SSSR count). The van der Waals surface area contributed by atoms with Crippen LogP contribution in [0.4, 0.5) is 0 Å². The van der Waals surface area contributed by atoms with Crippen LogP contribution in [0.3, 0.4) is 0 Å². The van der Waals surface area contributed by atoms with Crippen molar-refractivity contribution in [3.05, 3.63) is 65.0 Å². The predicted molar refractivity (Wildman–Crippen MR) is 103 cm³/mol. The largest absolute Gasteiger partial charge is 0.497 e. The Morgan fingerprint density at radius 1 is 1.11 bits per heavy atom. The molecule has 0 aliphatic rings. The first kappa shape index (κ1) is 18.9. The number of nitrogens with one attached hydrogen (secondary N) is 1. The number of methoxy groups -OCH3 is 1. The fourth-order valence-electron chi connectivity index (χ4n) is 2.52. The number of hydrogen-bond donors (Lipinski definition) is 1. The number of carbonyl (C=O) groups excluding carboxylic acids is 1. The number of rotatable bonds is 8. The third-order valence-corrected chi connectivity index (χ3v) is 4.28. The van der Waals surface area contributed by atoms with Gasteiger partial charge in [-0.2, -0.15) is 4.98 Å². The number of halogens is 1. The van der Waals surface area contributed by atoms with E-state index in [0.29, 0.717) is 36.1 Å². The number of aryl methyl sites for hydroxylation is 1. The lowest BCUT2D eigenvalue weighted by atomic mass is 10.1. The summed E-state index contributed by atoms with van der Waals surface area (Å²) in [6.07, 6.45) is 1.46. The second-order valence-corrected chi connectivity index (χ2v) is 6.40. The molecule has 0 fully saturated rings. The van der Waals surface area contributed by atoms with Gasteiger partial charge in [0.2, 0.25) is 17.6 Å². The lowest BCUT2D eigenvalue weighted by molar-refractivity contribution is -0.121. The van der Waals surface area contributed by atoms with Gasteiger partial charge in [0.15, 0.2) is 0 Å². The Morgan fingerprint density at radius 2 is 1.85 bits per heavy atom. The maximum Gasteiger partial charge on any atom is 0.227 e. The van der Waals surface area contributed by atoms with Crippen molar-refractivity contribution >= 4 is 17.5 Å². The first-order valence-electron chi connectivity index (χ1n) is 8.62. The zero-order valence-corrected chi connectivity index (χ0v) is 15.7. The van der Waals surface area contributed by atoms with Gasteiger partial charge in [0.25, 0.3) is 0 Å². The van der Waals surface area contributed by atoms with Crippen LogP contribution in [0.1, 0.15) is 17.9 Å². The van der Waals surface area contributed by atoms with Crippen LogP contribution in [0.5, 0.6) is 5.75 Å². The molecule has 7 heteroatoms. The van der Waals surface area contributed by atoms with Crippen LogP contribution in [0.2, 0.25) is 5.02 Å². The van der Waals surface area contributed by atoms with Gasteiger partial charge in [-0.3, -0.25) is 4.79 Å². The van der Waals surface area contributed by atoms with Gasteiger partial charge in [0, 0.05) is 30.0 Å². The van der Waals surface area contributed by atoms with Crippen LogP contribution >= 0.6 is 11.6 Å². The minimum atomic E-state index is -0.0465. The SMILES string of the molecule is COc1ccc(CCNC(=O)CCc2nc(-c3ccc(Cl)cc3)no2)cc1. The van der Waals surface area contributed by atoms with E-state index in [1.165, 1.54) is 0 Å². The van der Waals surface area contributed by atoms with Crippen LogP contribution in [0.15, 0.2) is 53.1 Å². The quantitative estimate of drug-likeness (QED) is 0.639. The van der Waals surface area contributed by atoms with Crippen molar-refractivity contribution < 1.29 is 14.1 Å². The molecule has 2 aromatic carbocycles. The lowest BCUT2D eigenvalue weighted by Gasteiger charge is -2.05. The summed E-state index contributed by atoms with van der Waals surface area (Å²) < 4.78 is 10.3. The smallest absolute Gasteiger partial charge is 0.227 e. The van der Waals surface area contributed by atoms with E-state index in [1.54, 1.807) is 19.2 Å². The number of amides is 1. The van der Waals surface area contributed by atoms with E-state index < -0.39 is 0 Å². The zero-order valence-electron chi connectivity index (χ0n) is 14.9. The van der Waals surface area contributed by atoms with Gasteiger partial charge >= 0.3 is 0 Å². The molecule has 0 unspecified atom stereocenters. The average Bonchev–Trinajstić information content (AvgIpc) is 3.16. The first-order valence-corrected chi connectivity index (χ1v) is 9.00. The molecule has 6 nitrogen and oxygen atoms in total. The topological polar surface area (TPSA) is 77.2 Å². The Morgan fingerprint density at radius 3 is 2.56 bits per heavy atom. The summed E-state index contributed by atoms with van der Waals surface area (Å²) in [5, 5.41) is 7.49. The normalized spacial score (nSPS) is 10.6. The van der Waals surface area contributed by atoms with Gasteiger partial charge < -0.3 is 14.6 Å². The number of hydrogen-bond acceptors (Lipinski definition) is 5. The van der Waals surface area contributed by atoms with Crippen molar-refractivity contribution in [1.82, 2.24) is 15.5 Å². The molecule has 0 saturated heterocycles. The molecule has 0 radical (unpaired) electrons. The molecule has 0 aliphatic carbocycles. The van der Waals surface area contributed by atoms with Gasteiger partial charge in [-0.25, -0.2) is 0 Å². The molecule has 0 aliphatic heterocycles. The molecule has 0 saturated carbocycles. The highest BCUT2D eigenvalue weighted by atomic mass is 35.5. The molecule has 0 spiro atoms. The highest BCUT2D eigenvalue weighted by Gasteiger charge is 2.10. The Bertz CT molecular complexity index is 876. The number of carbonyl (C=O) groups is 1. The van der Waals surface area contributed by atoms with E-state index in [4.69, 9.17) is 20.9 Å². The molecule has 140 valence electrons. The van der Waals surface area contributed by atoms with E-state index in [-0.39, 0.29) is 5.91 Å². The predicted octanol–water partition coefficient (Wildman–Crippen LogP) is 3.69. The highest BCUT2D eigenvalue weighted by Crippen LogP contribution is 2.19. The van der Waals surface area contributed by atoms with Gasteiger partial charge in [-0.05, 0) is 48.4 Å². The third kappa shape index (κ3) is 5.56. The maximum absolute atomic E-state index is 12.0. The Hall–Kier alpha value is -2.86. The zero-order chi connectivity index (χ0) is 19.1. The number of ether oxygens (including phenoxy) is 1. The van der Waals surface area contributed by atoms with Crippen molar-refractivity contribution in [2.75, 3.05) is 13.7 Å². The number of nitrogens with zero attached hydrogens (tertiary/aromatic N) is 2. The second kappa shape index (κ2) is 9.19. The van der Waals surface area contributed by atoms with Gasteiger partial charge in [0.1, 0.15) is 5.75 Å². The van der Waals surface area contributed by atoms with Crippen LogP contribution in [0.25, 0.3) is 11.4 Å². The van der Waals surface area contributed by atoms with Crippen molar-refractivity contribution in [2.45, 2.75) is 19.3 Å². The van der Waals surface area contributed by atoms with Gasteiger partial charge in [0.05, 0.1) is 7.11 Å². The van der Waals surface area contributed by atoms with E-state index >= 15 is 0 Å². The molecular weight excluding hydrogens is 366 g/mol. The van der Waals surface area contributed by atoms with Crippen LogP contribution < -0.4 is 10.1 Å². The molecule has 1 heterocycles. The standard InChI is InChI=1S/C20H20ClN3O3/c1-26-17-8-2-14(3-9-17)12-13-22-18(25)10-11-19-23-20(24-27-19)15-4-6-16(21)7-5-15/h2-9H,10-13H2,1H3,(H,22,25). The third-order valence-electron chi connectivity index (χ3n) is 4.03. The molecule has 0 atom stereocenters. The fourth-order valence-corrected chi connectivity index (χ4v) is 2.65. The summed E-state index contributed by atoms with van der Waals surface area (Å²) in [4.78, 5) is 16.3. The second-order valence-electron chi connectivity index (χ2n) is 5.97. The Balaban J connectivity index is 1.42. The molecule has 1 amide bonds. The summed E-state index contributed by atoms with van der Waals surface area (Å²) in [5.74, 6) is 1.70. The summed E-state index contributed by atoms with van der Waals surface area (Å²) >= 11 is 5.87. The van der Waals surface area contributed by atoms with Crippen molar-refractivity contribution in [2.24, 2.45) is 0 Å². The van der Waals surface area contributed by atoms with Crippen molar-refractivity contribution in [3.8, 4) is 17.1 Å². The summed E-state index contributed by atoms with van der Waals surface area (Å²) in [5.41, 5.74) is 1.96. The molecule has 0 bridgehead atoms. The highest BCUT2D eigenvalue weighted by molar-refractivity contribution is 6.30. The van der Waals surface area contributed by atoms with Gasteiger partial charge in [-0.15, -0.1) is 0 Å². The fraction of sp³-hybridized carbons (Fsp3) is 0.250. The van der Waals surface area contributed by atoms with E-state index in [0.717, 1.165) is 23.3 Å². The summed E-state index contributed by atoms with van der Waals surface area (Å²) in [6.45, 7) is 0.574. The Kier molecular flexibility index (Phi) is 6.44. The van der Waals surface area contributed by atoms with Gasteiger partial charge in [-0.1, -0.05) is 28.9 Å².